The van der Waals surface area contributed by atoms with Crippen LogP contribution >= 0.6 is 0 Å². The standard InChI is InChI=1S/C53H62N4O13/c1-6-26-67-53-48(56(2)49(60)28-35-12-11-14-38(27-35)64-3)32-45(55-68-33-34-16-18-37(19-17-34)57(62)63)42-29-36(13-7-9-24-58)41(15-8-10-25-59)50(51(42)53)43-30-40(21-23-46(43)70-53)69-52(61)54-44-22-20-39(65-4)31-47(44)66-5/h6,11-12,14,16-23,27,29-31,36,41,48,50-51,58-59H,1,7-10,13,15,24-26,28,32-33H2,2-5H3,(H,54,61). The van der Waals surface area contributed by atoms with Crippen LogP contribution in [-0.2, 0) is 27.4 Å². The highest BCUT2D eigenvalue weighted by Gasteiger charge is 2.65. The number of nitrogens with zero attached hydrogens (tertiary/aromatic N) is 3. The molecule has 17 heteroatoms. The van der Waals surface area contributed by atoms with Crippen LogP contribution in [-0.4, -0.2) is 97.8 Å². The number of amides is 2. The number of carbonyl (C=O) groups is 2. The van der Waals surface area contributed by atoms with Gasteiger partial charge in [-0.1, -0.05) is 42.3 Å². The summed E-state index contributed by atoms with van der Waals surface area (Å²) in [4.78, 5) is 47.0. The van der Waals surface area contributed by atoms with Gasteiger partial charge in [0.1, 0.15) is 41.4 Å². The number of non-ortho nitro benzene ring substituents is 1. The molecule has 2 aliphatic carbocycles. The van der Waals surface area contributed by atoms with Crippen molar-refractivity contribution in [3.05, 3.63) is 136 Å². The summed E-state index contributed by atoms with van der Waals surface area (Å²) >= 11 is 0. The first-order chi connectivity index (χ1) is 34.0. The topological polar surface area (TPSA) is 210 Å². The SMILES string of the molecule is C=CCOC12Oc3ccc(OC(=O)Nc4ccc(OC)cc4OC)cc3C3C(CCCCO)C(CCCCO)C=C(C(=NOCc4ccc([N+](=O)[O-])cc4)CC1N(C)C(=O)Cc1cccc(OC)c1)C32. The molecule has 1 heterocycles. The van der Waals surface area contributed by atoms with Crippen molar-refractivity contribution in [2.24, 2.45) is 22.9 Å². The lowest BCUT2D eigenvalue weighted by Gasteiger charge is -2.59. The molecule has 3 aliphatic rings. The fourth-order valence-corrected chi connectivity index (χ4v) is 10.1. The molecule has 3 N–H and O–H groups in total. The van der Waals surface area contributed by atoms with E-state index >= 15 is 0 Å². The van der Waals surface area contributed by atoms with Crippen LogP contribution in [0, 0.1) is 27.9 Å². The Labute approximate surface area is 407 Å². The first kappa shape index (κ1) is 50.9. The van der Waals surface area contributed by atoms with Gasteiger partial charge in [-0.05, 0) is 109 Å². The van der Waals surface area contributed by atoms with E-state index in [0.29, 0.717) is 65.6 Å². The molecule has 17 nitrogen and oxygen atoms in total. The summed E-state index contributed by atoms with van der Waals surface area (Å²) in [5, 5.41) is 39.0. The van der Waals surface area contributed by atoms with E-state index in [9.17, 15) is 29.9 Å². The second-order valence-corrected chi connectivity index (χ2v) is 17.6. The molecule has 0 saturated heterocycles. The number of fused-ring (bicyclic) bond motifs is 2. The number of oxime groups is 1. The molecule has 372 valence electrons. The molecule has 70 heavy (non-hydrogen) atoms. The number of aliphatic hydroxyl groups is 2. The number of nitro benzene ring substituents is 1. The summed E-state index contributed by atoms with van der Waals surface area (Å²) in [6, 6.07) is 22.8. The molecule has 2 amide bonds. The number of hydrogen-bond acceptors (Lipinski definition) is 14. The molecule has 0 spiro atoms. The number of carbonyl (C=O) groups excluding carboxylic acids is 2. The van der Waals surface area contributed by atoms with E-state index in [0.717, 1.165) is 29.5 Å². The lowest BCUT2D eigenvalue weighted by atomic mass is 9.55. The van der Waals surface area contributed by atoms with Crippen LogP contribution in [0.2, 0.25) is 0 Å². The van der Waals surface area contributed by atoms with Crippen LogP contribution in [0.25, 0.3) is 0 Å². The van der Waals surface area contributed by atoms with Crippen LogP contribution in [0.4, 0.5) is 16.2 Å². The average Bonchev–Trinajstić information content (AvgIpc) is 3.37. The number of ether oxygens (including phenoxy) is 6. The van der Waals surface area contributed by atoms with Gasteiger partial charge in [-0.2, -0.15) is 0 Å². The van der Waals surface area contributed by atoms with Gasteiger partial charge in [0.05, 0.1) is 56.6 Å². The van der Waals surface area contributed by atoms with Gasteiger partial charge in [-0.15, -0.1) is 6.58 Å². The molecule has 0 radical (unpaired) electrons. The number of aliphatic hydroxyl groups excluding tert-OH is 2. The molecule has 6 atom stereocenters. The van der Waals surface area contributed by atoms with Crippen molar-refractivity contribution in [2.45, 2.75) is 75.7 Å². The van der Waals surface area contributed by atoms with E-state index in [2.05, 4.69) is 18.0 Å². The third-order valence-electron chi connectivity index (χ3n) is 13.4. The summed E-state index contributed by atoms with van der Waals surface area (Å²) in [5.74, 6) is -0.680. The lowest BCUT2D eigenvalue weighted by molar-refractivity contribution is -0.384. The van der Waals surface area contributed by atoms with E-state index in [4.69, 9.17) is 38.4 Å². The van der Waals surface area contributed by atoms with Crippen LogP contribution in [0.15, 0.2) is 114 Å². The number of anilines is 1. The largest absolute Gasteiger partial charge is 0.497 e. The van der Waals surface area contributed by atoms with E-state index in [1.165, 1.54) is 26.4 Å². The monoisotopic (exact) mass is 962 g/mol. The number of benzene rings is 4. The van der Waals surface area contributed by atoms with Gasteiger partial charge in [0.25, 0.3) is 5.69 Å². The summed E-state index contributed by atoms with van der Waals surface area (Å²) in [7, 11) is 6.32. The smallest absolute Gasteiger partial charge is 0.417 e. The third kappa shape index (κ3) is 11.4. The molecule has 4 aromatic carbocycles. The maximum atomic E-state index is 14.7. The maximum Gasteiger partial charge on any atom is 0.417 e. The van der Waals surface area contributed by atoms with E-state index in [1.807, 2.05) is 30.3 Å². The van der Waals surface area contributed by atoms with Gasteiger partial charge >= 0.3 is 6.09 Å². The highest BCUT2D eigenvalue weighted by Crippen LogP contribution is 2.62. The molecule has 4 aromatic rings. The second-order valence-electron chi connectivity index (χ2n) is 17.6. The van der Waals surface area contributed by atoms with Crippen molar-refractivity contribution in [2.75, 3.05) is 53.5 Å². The van der Waals surface area contributed by atoms with Crippen LogP contribution in [0.3, 0.4) is 0 Å². The number of rotatable bonds is 23. The van der Waals surface area contributed by atoms with Gasteiger partial charge < -0.3 is 48.4 Å². The van der Waals surface area contributed by atoms with Crippen molar-refractivity contribution in [3.63, 3.8) is 0 Å². The Morgan fingerprint density at radius 2 is 1.64 bits per heavy atom. The molecule has 0 aromatic heterocycles. The van der Waals surface area contributed by atoms with Gasteiger partial charge in [0.15, 0.2) is 0 Å². The fourth-order valence-electron chi connectivity index (χ4n) is 10.1. The van der Waals surface area contributed by atoms with E-state index < -0.39 is 34.7 Å². The van der Waals surface area contributed by atoms with Crippen molar-refractivity contribution < 1.29 is 58.0 Å². The number of hydrogen-bond donors (Lipinski definition) is 3. The Bertz CT molecular complexity index is 2550. The highest BCUT2D eigenvalue weighted by atomic mass is 16.7. The Balaban J connectivity index is 1.36. The molecular weight excluding hydrogens is 901 g/mol. The Morgan fingerprint density at radius 3 is 2.34 bits per heavy atom. The Morgan fingerprint density at radius 1 is 0.914 bits per heavy atom. The zero-order valence-corrected chi connectivity index (χ0v) is 40.0. The van der Waals surface area contributed by atoms with Crippen molar-refractivity contribution in [1.29, 1.82) is 0 Å². The van der Waals surface area contributed by atoms with Crippen molar-refractivity contribution in [1.82, 2.24) is 4.90 Å². The Hall–Kier alpha value is -6.95. The summed E-state index contributed by atoms with van der Waals surface area (Å²) < 4.78 is 36.6. The van der Waals surface area contributed by atoms with E-state index in [1.54, 1.807) is 67.6 Å². The van der Waals surface area contributed by atoms with Crippen molar-refractivity contribution >= 4 is 29.1 Å². The quantitative estimate of drug-likeness (QED) is 0.0275. The number of unbranched alkanes of at least 4 members (excludes halogenated alkanes) is 2. The Kier molecular flexibility index (Phi) is 17.1. The molecule has 0 bridgehead atoms. The minimum absolute atomic E-state index is 0.00443. The minimum Gasteiger partial charge on any atom is -0.497 e. The van der Waals surface area contributed by atoms with Crippen molar-refractivity contribution in [3.8, 4) is 28.7 Å². The van der Waals surface area contributed by atoms with Gasteiger partial charge in [-0.25, -0.2) is 4.79 Å². The molecular formula is C53H62N4O13. The predicted octanol–water partition coefficient (Wildman–Crippen LogP) is 8.77. The summed E-state index contributed by atoms with van der Waals surface area (Å²) in [6.07, 6.45) is 7.29. The fraction of sp³-hybridized carbons (Fsp3) is 0.415. The molecule has 1 fully saturated rings. The first-order valence-electron chi connectivity index (χ1n) is 23.5. The lowest BCUT2D eigenvalue weighted by Crippen LogP contribution is -2.69. The van der Waals surface area contributed by atoms with Crippen LogP contribution < -0.4 is 29.0 Å². The first-order valence-corrected chi connectivity index (χ1v) is 23.5. The normalized spacial score (nSPS) is 21.5. The minimum atomic E-state index is -1.52. The second kappa shape index (κ2) is 23.6. The molecule has 7 rings (SSSR count). The predicted molar refractivity (Wildman–Crippen MR) is 262 cm³/mol. The van der Waals surface area contributed by atoms with Gasteiger partial charge in [0, 0.05) is 56.4 Å². The van der Waals surface area contributed by atoms with Gasteiger partial charge in [-0.3, -0.25) is 20.2 Å². The summed E-state index contributed by atoms with van der Waals surface area (Å²) in [5.41, 5.74) is 3.85. The highest BCUT2D eigenvalue weighted by molar-refractivity contribution is 6.03. The number of nitrogens with one attached hydrogen (secondary N) is 1. The molecule has 1 saturated carbocycles. The zero-order chi connectivity index (χ0) is 49.8. The van der Waals surface area contributed by atoms with Crippen LogP contribution in [0.5, 0.6) is 28.7 Å². The zero-order valence-electron chi connectivity index (χ0n) is 40.0. The summed E-state index contributed by atoms with van der Waals surface area (Å²) in [6.45, 7) is 4.11. The number of methoxy groups -OCH3 is 3. The van der Waals surface area contributed by atoms with Crippen LogP contribution in [0.1, 0.15) is 67.6 Å². The molecule has 1 aliphatic heterocycles. The van der Waals surface area contributed by atoms with Gasteiger partial charge in [0.2, 0.25) is 11.7 Å². The maximum absolute atomic E-state index is 14.7. The average molecular weight is 963 g/mol. The molecule has 6 unspecified atom stereocenters. The van der Waals surface area contributed by atoms with E-state index in [-0.39, 0.29) is 68.4 Å². The number of likely N-dealkylation sites (N-methyl/N-ethyl adjacent to an activating group) is 1. The number of nitro groups is 1. The third-order valence-corrected chi connectivity index (χ3v) is 13.4. The number of allylic oxidation sites excluding steroid dienone is 1.